The normalized spacial score (nSPS) is 13.8. The first-order valence-corrected chi connectivity index (χ1v) is 26.2. The second kappa shape index (κ2) is 49.3. The summed E-state index contributed by atoms with van der Waals surface area (Å²) in [6.07, 6.45) is 62.5. The monoisotopic (exact) mass is 866 g/mol. The lowest BCUT2D eigenvalue weighted by atomic mass is 10.0. The average Bonchev–Trinajstić information content (AvgIpc) is 3.26. The van der Waals surface area contributed by atoms with Crippen molar-refractivity contribution in [2.45, 2.75) is 264 Å². The minimum Gasteiger partial charge on any atom is -0.462 e. The van der Waals surface area contributed by atoms with Gasteiger partial charge in [0.25, 0.3) is 0 Å². The largest absolute Gasteiger partial charge is 0.462 e. The zero-order chi connectivity index (χ0) is 45.2. The molecule has 0 radical (unpaired) electrons. The number of rotatable bonds is 46. The summed E-state index contributed by atoms with van der Waals surface area (Å²) in [5, 5.41) is 23.8. The number of hydrogen-bond acceptors (Lipinski definition) is 5. The predicted octanol–water partition coefficient (Wildman–Crippen LogP) is 15.8. The first-order chi connectivity index (χ1) is 30.5. The molecule has 358 valence electrons. The highest BCUT2D eigenvalue weighted by molar-refractivity contribution is 5.77. The molecule has 0 fully saturated rings. The number of unbranched alkanes of at least 4 members (excludes halogenated alkanes) is 23. The number of allylic oxidation sites excluding steroid dienone is 12. The minimum absolute atomic E-state index is 0.0294. The van der Waals surface area contributed by atoms with E-state index in [9.17, 15) is 19.8 Å². The number of carbonyl (C=O) groups excluding carboxylic acids is 2. The Morgan fingerprint density at radius 3 is 1.45 bits per heavy atom. The third kappa shape index (κ3) is 43.9. The van der Waals surface area contributed by atoms with E-state index in [4.69, 9.17) is 4.74 Å². The highest BCUT2D eigenvalue weighted by Crippen LogP contribution is 2.17. The number of carbonyl (C=O) groups is 2. The number of nitrogens with one attached hydrogen (secondary N) is 1. The van der Waals surface area contributed by atoms with Crippen molar-refractivity contribution in [1.29, 1.82) is 0 Å². The summed E-state index contributed by atoms with van der Waals surface area (Å²) in [5.74, 6) is -0.558. The van der Waals surface area contributed by atoms with Crippen molar-refractivity contribution in [2.75, 3.05) is 6.61 Å². The van der Waals surface area contributed by atoms with E-state index in [1.165, 1.54) is 109 Å². The van der Waals surface area contributed by atoms with Crippen LogP contribution in [0, 0.1) is 0 Å². The molecule has 3 atom stereocenters. The van der Waals surface area contributed by atoms with E-state index < -0.39 is 18.2 Å². The van der Waals surface area contributed by atoms with E-state index in [1.54, 1.807) is 0 Å². The molecule has 0 aromatic rings. The van der Waals surface area contributed by atoms with E-state index in [0.717, 1.165) is 89.9 Å². The zero-order valence-corrected chi connectivity index (χ0v) is 40.7. The molecule has 1 amide bonds. The van der Waals surface area contributed by atoms with Gasteiger partial charge in [0, 0.05) is 6.42 Å². The molecule has 0 aliphatic carbocycles. The Morgan fingerprint density at radius 1 is 0.500 bits per heavy atom. The fourth-order valence-electron chi connectivity index (χ4n) is 7.59. The van der Waals surface area contributed by atoms with Crippen molar-refractivity contribution in [1.82, 2.24) is 5.32 Å². The van der Waals surface area contributed by atoms with Gasteiger partial charge in [-0.1, -0.05) is 222 Å². The molecule has 0 bridgehead atoms. The van der Waals surface area contributed by atoms with Crippen molar-refractivity contribution in [3.63, 3.8) is 0 Å². The topological polar surface area (TPSA) is 95.9 Å². The lowest BCUT2D eigenvalue weighted by molar-refractivity contribution is -0.151. The molecule has 0 saturated heterocycles. The summed E-state index contributed by atoms with van der Waals surface area (Å²) in [6.45, 7) is 6.34. The van der Waals surface area contributed by atoms with Gasteiger partial charge in [0.05, 0.1) is 25.2 Å². The van der Waals surface area contributed by atoms with Crippen LogP contribution in [0.1, 0.15) is 245 Å². The summed E-state index contributed by atoms with van der Waals surface area (Å²) >= 11 is 0. The van der Waals surface area contributed by atoms with Crippen molar-refractivity contribution in [3.8, 4) is 0 Å². The maximum absolute atomic E-state index is 13.2. The highest BCUT2D eigenvalue weighted by atomic mass is 16.5. The molecule has 3 unspecified atom stereocenters. The Morgan fingerprint density at radius 2 is 0.935 bits per heavy atom. The van der Waals surface area contributed by atoms with Gasteiger partial charge in [0.15, 0.2) is 0 Å². The van der Waals surface area contributed by atoms with Crippen LogP contribution in [-0.4, -0.2) is 46.9 Å². The molecule has 62 heavy (non-hydrogen) atoms. The summed E-state index contributed by atoms with van der Waals surface area (Å²) in [7, 11) is 0. The number of esters is 1. The van der Waals surface area contributed by atoms with Crippen LogP contribution in [0.2, 0.25) is 0 Å². The first-order valence-electron chi connectivity index (χ1n) is 26.2. The third-order valence-electron chi connectivity index (χ3n) is 11.5. The van der Waals surface area contributed by atoms with Gasteiger partial charge >= 0.3 is 5.97 Å². The standard InChI is InChI=1S/C56H99NO5/c1-4-7-10-13-16-19-22-25-27-28-31-34-37-40-43-46-49-56(61)62-52(47-44-41-38-35-32-30-26-23-20-17-14-11-8-5-2)50-55(60)57-53(51-58)54(59)48-45-42-39-36-33-29-24-21-18-15-12-9-6-3/h7,10,16,19,25,27,30-32,34-35,38,52-54,58-59H,4-6,8-9,11-15,17-18,20-24,26,28-29,33,36-37,39-51H2,1-3H3,(H,57,60)/b10-7+,19-16+,27-25+,32-30+,34-31+,38-35+. The maximum atomic E-state index is 13.2. The van der Waals surface area contributed by atoms with E-state index in [1.807, 2.05) is 0 Å². The number of hydrogen-bond donors (Lipinski definition) is 3. The van der Waals surface area contributed by atoms with Gasteiger partial charge in [0.1, 0.15) is 6.10 Å². The van der Waals surface area contributed by atoms with Crippen LogP contribution in [0.4, 0.5) is 0 Å². The Kier molecular flexibility index (Phi) is 47.2. The van der Waals surface area contributed by atoms with Crippen molar-refractivity contribution < 1.29 is 24.5 Å². The van der Waals surface area contributed by atoms with Gasteiger partial charge in [-0.05, 0) is 83.5 Å². The summed E-state index contributed by atoms with van der Waals surface area (Å²) in [4.78, 5) is 26.1. The molecular weight excluding hydrogens is 767 g/mol. The summed E-state index contributed by atoms with van der Waals surface area (Å²) in [6, 6.07) is -0.725. The molecule has 0 aromatic carbocycles. The molecule has 0 aliphatic heterocycles. The van der Waals surface area contributed by atoms with E-state index in [2.05, 4.69) is 99.0 Å². The van der Waals surface area contributed by atoms with Gasteiger partial charge in [0.2, 0.25) is 5.91 Å². The second-order valence-corrected chi connectivity index (χ2v) is 17.6. The number of aliphatic hydroxyl groups excluding tert-OH is 2. The van der Waals surface area contributed by atoms with Crippen molar-refractivity contribution >= 4 is 11.9 Å². The van der Waals surface area contributed by atoms with Gasteiger partial charge < -0.3 is 20.3 Å². The number of amides is 1. The number of ether oxygens (including phenoxy) is 1. The Labute approximate surface area is 383 Å². The van der Waals surface area contributed by atoms with Gasteiger partial charge in [-0.3, -0.25) is 9.59 Å². The Bertz CT molecular complexity index is 1150. The fourth-order valence-corrected chi connectivity index (χ4v) is 7.59. The van der Waals surface area contributed by atoms with E-state index in [0.29, 0.717) is 19.3 Å². The zero-order valence-electron chi connectivity index (χ0n) is 40.7. The van der Waals surface area contributed by atoms with Crippen LogP contribution in [-0.2, 0) is 14.3 Å². The lowest BCUT2D eigenvalue weighted by Gasteiger charge is -2.24. The molecule has 0 rings (SSSR count). The predicted molar refractivity (Wildman–Crippen MR) is 268 cm³/mol. The second-order valence-electron chi connectivity index (χ2n) is 17.6. The average molecular weight is 866 g/mol. The van der Waals surface area contributed by atoms with Crippen LogP contribution in [0.3, 0.4) is 0 Å². The quantitative estimate of drug-likeness (QED) is 0.0245. The van der Waals surface area contributed by atoms with E-state index >= 15 is 0 Å². The highest BCUT2D eigenvalue weighted by Gasteiger charge is 2.24. The first kappa shape index (κ1) is 59.3. The summed E-state index contributed by atoms with van der Waals surface area (Å²) in [5.41, 5.74) is 0. The number of aliphatic hydroxyl groups is 2. The SMILES string of the molecule is CC/C=C/C/C=C/C/C=C/C/C=C/CCCCCC(=O)OC(CCC/C=C/C=C/CCCCCCCCC)CC(=O)NC(CO)C(O)CCCCCCCCCCCCCCC. The molecule has 6 heteroatoms. The van der Waals surface area contributed by atoms with Crippen LogP contribution in [0.5, 0.6) is 0 Å². The Hall–Kier alpha value is -2.70. The van der Waals surface area contributed by atoms with Crippen LogP contribution >= 0.6 is 0 Å². The lowest BCUT2D eigenvalue weighted by Crippen LogP contribution is -2.46. The molecule has 0 heterocycles. The van der Waals surface area contributed by atoms with Gasteiger partial charge in [-0.25, -0.2) is 0 Å². The van der Waals surface area contributed by atoms with Crippen molar-refractivity contribution in [3.05, 3.63) is 72.9 Å². The van der Waals surface area contributed by atoms with Crippen molar-refractivity contribution in [2.24, 2.45) is 0 Å². The molecule has 3 N–H and O–H groups in total. The smallest absolute Gasteiger partial charge is 0.306 e. The maximum Gasteiger partial charge on any atom is 0.306 e. The van der Waals surface area contributed by atoms with Crippen LogP contribution in [0.25, 0.3) is 0 Å². The van der Waals surface area contributed by atoms with Crippen LogP contribution < -0.4 is 5.32 Å². The molecule has 0 aromatic heterocycles. The molecule has 0 saturated carbocycles. The molecular formula is C56H99NO5. The van der Waals surface area contributed by atoms with E-state index in [-0.39, 0.29) is 24.9 Å². The molecule has 0 aliphatic rings. The molecule has 0 spiro atoms. The van der Waals surface area contributed by atoms with Gasteiger partial charge in [-0.15, -0.1) is 0 Å². The summed E-state index contributed by atoms with van der Waals surface area (Å²) < 4.78 is 5.89. The fraction of sp³-hybridized carbons (Fsp3) is 0.750. The van der Waals surface area contributed by atoms with Gasteiger partial charge in [-0.2, -0.15) is 0 Å². The Balaban J connectivity index is 4.70. The third-order valence-corrected chi connectivity index (χ3v) is 11.5. The molecule has 6 nitrogen and oxygen atoms in total. The minimum atomic E-state index is -0.807. The van der Waals surface area contributed by atoms with Crippen LogP contribution in [0.15, 0.2) is 72.9 Å².